The maximum atomic E-state index is 14.0. The van der Waals surface area contributed by atoms with E-state index in [4.69, 9.17) is 0 Å². The van der Waals surface area contributed by atoms with Crippen LogP contribution in [0.4, 0.5) is 8.78 Å². The highest BCUT2D eigenvalue weighted by Gasteiger charge is 2.44. The number of ether oxygens (including phenoxy) is 1. The Morgan fingerprint density at radius 1 is 1.38 bits per heavy atom. The summed E-state index contributed by atoms with van der Waals surface area (Å²) >= 11 is 1.14. The number of thioether (sulfide) groups is 1. The fourth-order valence-electron chi connectivity index (χ4n) is 2.21. The van der Waals surface area contributed by atoms with Crippen LogP contribution < -0.4 is 5.32 Å². The van der Waals surface area contributed by atoms with Crippen LogP contribution in [-0.2, 0) is 16.1 Å². The van der Waals surface area contributed by atoms with Crippen LogP contribution in [0.5, 0.6) is 0 Å². The molecule has 1 aliphatic carbocycles. The van der Waals surface area contributed by atoms with Gasteiger partial charge in [0.05, 0.1) is 18.4 Å². The Bertz CT molecular complexity index is 509. The highest BCUT2D eigenvalue weighted by molar-refractivity contribution is 7.99. The minimum Gasteiger partial charge on any atom is -0.469 e. The van der Waals surface area contributed by atoms with Crippen molar-refractivity contribution in [1.29, 1.82) is 0 Å². The van der Waals surface area contributed by atoms with E-state index in [-0.39, 0.29) is 16.3 Å². The molecule has 116 valence electrons. The van der Waals surface area contributed by atoms with Gasteiger partial charge < -0.3 is 10.1 Å². The lowest BCUT2D eigenvalue weighted by Gasteiger charge is -2.14. The molecular formula is C15H19F2NO2S. The van der Waals surface area contributed by atoms with Crippen molar-refractivity contribution in [3.8, 4) is 0 Å². The predicted molar refractivity (Wildman–Crippen MR) is 78.1 cm³/mol. The van der Waals surface area contributed by atoms with E-state index in [0.29, 0.717) is 24.3 Å². The average Bonchev–Trinajstić information content (AvgIpc) is 3.18. The van der Waals surface area contributed by atoms with Crippen LogP contribution in [0, 0.1) is 17.0 Å². The minimum absolute atomic E-state index is 0.0333. The fraction of sp³-hybridized carbons (Fsp3) is 0.533. The van der Waals surface area contributed by atoms with E-state index in [9.17, 15) is 13.6 Å². The average molecular weight is 315 g/mol. The van der Waals surface area contributed by atoms with Crippen LogP contribution in [0.3, 0.4) is 0 Å². The number of rotatable bonds is 7. The number of carbonyl (C=O) groups excluding carboxylic acids is 1. The fourth-order valence-corrected chi connectivity index (χ4v) is 3.44. The number of esters is 1. The van der Waals surface area contributed by atoms with Crippen molar-refractivity contribution in [2.45, 2.75) is 30.7 Å². The summed E-state index contributed by atoms with van der Waals surface area (Å²) in [5.41, 5.74) is 0.424. The van der Waals surface area contributed by atoms with Crippen molar-refractivity contribution in [3.05, 3.63) is 29.3 Å². The van der Waals surface area contributed by atoms with Crippen LogP contribution in [-0.4, -0.2) is 25.9 Å². The second kappa shape index (κ2) is 6.75. The molecule has 0 saturated heterocycles. The standard InChI is InChI=1S/C15H19F2NO2S/c1-18-8-10-5-11(16)14(12(17)6-10)21-9-15(3-4-15)7-13(19)20-2/h5-6,18H,3-4,7-9H2,1-2H3. The zero-order valence-electron chi connectivity index (χ0n) is 12.2. The summed E-state index contributed by atoms with van der Waals surface area (Å²) in [4.78, 5) is 11.4. The molecule has 21 heavy (non-hydrogen) atoms. The van der Waals surface area contributed by atoms with E-state index < -0.39 is 11.6 Å². The van der Waals surface area contributed by atoms with Crippen LogP contribution in [0.1, 0.15) is 24.8 Å². The molecule has 0 spiro atoms. The quantitative estimate of drug-likeness (QED) is 0.620. The van der Waals surface area contributed by atoms with Gasteiger partial charge in [-0.3, -0.25) is 4.79 Å². The van der Waals surface area contributed by atoms with E-state index >= 15 is 0 Å². The molecule has 0 atom stereocenters. The predicted octanol–water partition coefficient (Wildman–Crippen LogP) is 3.12. The molecule has 1 aliphatic rings. The number of hydrogen-bond donors (Lipinski definition) is 1. The number of benzene rings is 1. The molecular weight excluding hydrogens is 296 g/mol. The van der Waals surface area contributed by atoms with Crippen molar-refractivity contribution in [2.75, 3.05) is 19.9 Å². The highest BCUT2D eigenvalue weighted by Crippen LogP contribution is 2.52. The van der Waals surface area contributed by atoms with Gasteiger partial charge in [-0.05, 0) is 43.0 Å². The summed E-state index contributed by atoms with van der Waals surface area (Å²) in [6.45, 7) is 0.422. The van der Waals surface area contributed by atoms with Gasteiger partial charge in [0.1, 0.15) is 11.6 Å². The van der Waals surface area contributed by atoms with Crippen molar-refractivity contribution in [3.63, 3.8) is 0 Å². The maximum Gasteiger partial charge on any atom is 0.306 e. The molecule has 6 heteroatoms. The Morgan fingerprint density at radius 3 is 2.48 bits per heavy atom. The third-order valence-corrected chi connectivity index (χ3v) is 5.10. The summed E-state index contributed by atoms with van der Waals surface area (Å²) in [6, 6.07) is 2.70. The van der Waals surface area contributed by atoms with Crippen LogP contribution in [0.25, 0.3) is 0 Å². The van der Waals surface area contributed by atoms with E-state index in [1.165, 1.54) is 19.2 Å². The molecule has 0 amide bonds. The van der Waals surface area contributed by atoms with E-state index in [0.717, 1.165) is 24.6 Å². The molecule has 0 aromatic heterocycles. The van der Waals surface area contributed by atoms with Gasteiger partial charge in [-0.25, -0.2) is 8.78 Å². The molecule has 1 saturated carbocycles. The SMILES string of the molecule is CNCc1cc(F)c(SCC2(CC(=O)OC)CC2)c(F)c1. The molecule has 3 nitrogen and oxygen atoms in total. The van der Waals surface area contributed by atoms with Gasteiger partial charge in [0.25, 0.3) is 0 Å². The Labute approximate surface area is 127 Å². The monoisotopic (exact) mass is 315 g/mol. The van der Waals surface area contributed by atoms with Gasteiger partial charge in [0.2, 0.25) is 0 Å². The molecule has 0 bridgehead atoms. The number of carbonyl (C=O) groups is 1. The summed E-state index contributed by atoms with van der Waals surface area (Å²) in [5, 5.41) is 2.86. The molecule has 1 fully saturated rings. The second-order valence-electron chi connectivity index (χ2n) is 5.46. The van der Waals surface area contributed by atoms with Crippen molar-refractivity contribution in [2.24, 2.45) is 5.41 Å². The largest absolute Gasteiger partial charge is 0.469 e. The van der Waals surface area contributed by atoms with E-state index in [2.05, 4.69) is 10.1 Å². The summed E-state index contributed by atoms with van der Waals surface area (Å²) in [5.74, 6) is -0.821. The Morgan fingerprint density at radius 2 is 2.00 bits per heavy atom. The number of hydrogen-bond acceptors (Lipinski definition) is 4. The van der Waals surface area contributed by atoms with Gasteiger partial charge >= 0.3 is 5.97 Å². The summed E-state index contributed by atoms with van der Waals surface area (Å²) in [6.07, 6.45) is 2.12. The first-order valence-corrected chi connectivity index (χ1v) is 7.80. The molecule has 2 rings (SSSR count). The first-order valence-electron chi connectivity index (χ1n) is 6.82. The Kier molecular flexibility index (Phi) is 5.22. The lowest BCUT2D eigenvalue weighted by molar-refractivity contribution is -0.141. The molecule has 0 radical (unpaired) electrons. The lowest BCUT2D eigenvalue weighted by atomic mass is 10.1. The van der Waals surface area contributed by atoms with Gasteiger partial charge in [0.15, 0.2) is 0 Å². The molecule has 1 aromatic carbocycles. The minimum atomic E-state index is -0.542. The normalized spacial score (nSPS) is 15.8. The number of methoxy groups -OCH3 is 1. The van der Waals surface area contributed by atoms with Gasteiger partial charge in [0, 0.05) is 12.3 Å². The topological polar surface area (TPSA) is 38.3 Å². The second-order valence-corrected chi connectivity index (χ2v) is 6.45. The van der Waals surface area contributed by atoms with Crippen LogP contribution in [0.15, 0.2) is 17.0 Å². The first kappa shape index (κ1) is 16.2. The Balaban J connectivity index is 2.02. The van der Waals surface area contributed by atoms with E-state index in [1.54, 1.807) is 7.05 Å². The smallest absolute Gasteiger partial charge is 0.306 e. The molecule has 0 aliphatic heterocycles. The van der Waals surface area contributed by atoms with E-state index in [1.807, 2.05) is 0 Å². The third-order valence-electron chi connectivity index (χ3n) is 3.67. The number of halogens is 2. The first-order chi connectivity index (χ1) is 9.99. The summed E-state index contributed by atoms with van der Waals surface area (Å²) in [7, 11) is 3.08. The van der Waals surface area contributed by atoms with Crippen molar-refractivity contribution in [1.82, 2.24) is 5.32 Å². The molecule has 0 heterocycles. The zero-order valence-corrected chi connectivity index (χ0v) is 13.0. The van der Waals surface area contributed by atoms with Gasteiger partial charge in [-0.15, -0.1) is 11.8 Å². The zero-order chi connectivity index (χ0) is 15.5. The maximum absolute atomic E-state index is 14.0. The highest BCUT2D eigenvalue weighted by atomic mass is 32.2. The lowest BCUT2D eigenvalue weighted by Crippen LogP contribution is -2.13. The third kappa shape index (κ3) is 4.17. The molecule has 1 aromatic rings. The van der Waals surface area contributed by atoms with Gasteiger partial charge in [-0.2, -0.15) is 0 Å². The van der Waals surface area contributed by atoms with Gasteiger partial charge in [-0.1, -0.05) is 0 Å². The molecule has 1 N–H and O–H groups in total. The molecule has 0 unspecified atom stereocenters. The van der Waals surface area contributed by atoms with Crippen LogP contribution >= 0.6 is 11.8 Å². The summed E-state index contributed by atoms with van der Waals surface area (Å²) < 4.78 is 32.6. The number of nitrogens with one attached hydrogen (secondary N) is 1. The Hall–Kier alpha value is -1.14. The van der Waals surface area contributed by atoms with Crippen molar-refractivity contribution >= 4 is 17.7 Å². The van der Waals surface area contributed by atoms with Crippen molar-refractivity contribution < 1.29 is 18.3 Å². The van der Waals surface area contributed by atoms with Crippen LogP contribution in [0.2, 0.25) is 0 Å².